The van der Waals surface area contributed by atoms with E-state index in [4.69, 9.17) is 9.97 Å². The molecule has 0 fully saturated rings. The Hall–Kier alpha value is -7.10. The molecule has 0 atom stereocenters. The largest absolute Gasteiger partial charge is 0.277 e. The van der Waals surface area contributed by atoms with Gasteiger partial charge in [0.1, 0.15) is 0 Å². The first kappa shape index (κ1) is 29.6. The fourth-order valence-corrected chi connectivity index (χ4v) is 8.29. The maximum Gasteiger partial charge on any atom is 0.235 e. The van der Waals surface area contributed by atoms with Crippen molar-refractivity contribution in [2.24, 2.45) is 0 Å². The Balaban J connectivity index is 1.17. The van der Waals surface area contributed by atoms with E-state index in [2.05, 4.69) is 193 Å². The number of fused-ring (bicyclic) bond motifs is 7. The highest BCUT2D eigenvalue weighted by atomic mass is 15.2. The number of aromatic nitrogens is 3. The van der Waals surface area contributed by atoms with E-state index >= 15 is 0 Å². The average Bonchev–Trinajstić information content (AvgIpc) is 3.75. The standard InChI is InChI=1S/C50H31N3/c1-3-11-32(12-4-1)34-21-25-36(26-22-34)44-31-45(37-27-23-35(24-28-37)33-13-5-2-6-14-33)52-50(51-44)53-46-20-8-7-17-39(46)42-30-29-41-40-18-9-15-38-16-10-19-43(47(38)40)48(41)49(42)53/h1-31H. The van der Waals surface area contributed by atoms with Crippen molar-refractivity contribution >= 4 is 32.6 Å². The third kappa shape index (κ3) is 4.68. The van der Waals surface area contributed by atoms with Gasteiger partial charge in [0.05, 0.1) is 22.4 Å². The number of nitrogens with zero attached hydrogens (tertiary/aromatic N) is 3. The fraction of sp³-hybridized carbons (Fsp3) is 0. The summed E-state index contributed by atoms with van der Waals surface area (Å²) in [7, 11) is 0. The van der Waals surface area contributed by atoms with Crippen LogP contribution in [0.15, 0.2) is 188 Å². The van der Waals surface area contributed by atoms with Crippen molar-refractivity contribution in [2.75, 3.05) is 0 Å². The Morgan fingerprint density at radius 1 is 0.358 bits per heavy atom. The molecule has 53 heavy (non-hydrogen) atoms. The molecule has 0 N–H and O–H groups in total. The van der Waals surface area contributed by atoms with Gasteiger partial charge in [-0.2, -0.15) is 0 Å². The second kappa shape index (κ2) is 11.7. The van der Waals surface area contributed by atoms with Crippen molar-refractivity contribution < 1.29 is 0 Å². The predicted octanol–water partition coefficient (Wildman–Crippen LogP) is 13.0. The first-order chi connectivity index (χ1) is 26.3. The summed E-state index contributed by atoms with van der Waals surface area (Å²) in [6.07, 6.45) is 0. The molecule has 0 spiro atoms. The lowest BCUT2D eigenvalue weighted by atomic mass is 10.0. The predicted molar refractivity (Wildman–Crippen MR) is 220 cm³/mol. The van der Waals surface area contributed by atoms with E-state index in [1.165, 1.54) is 66.1 Å². The number of para-hydroxylation sites is 1. The molecule has 2 aromatic heterocycles. The first-order valence-electron chi connectivity index (χ1n) is 18.1. The quantitative estimate of drug-likeness (QED) is 0.182. The molecule has 246 valence electrons. The van der Waals surface area contributed by atoms with E-state index in [0.29, 0.717) is 5.95 Å². The average molecular weight is 674 g/mol. The lowest BCUT2D eigenvalue weighted by molar-refractivity contribution is 0.996. The van der Waals surface area contributed by atoms with Gasteiger partial charge in [0, 0.05) is 27.5 Å². The van der Waals surface area contributed by atoms with Gasteiger partial charge in [-0.25, -0.2) is 9.97 Å². The molecular weight excluding hydrogens is 643 g/mol. The fourth-order valence-electron chi connectivity index (χ4n) is 8.29. The molecule has 3 nitrogen and oxygen atoms in total. The Labute approximate surface area is 307 Å². The third-order valence-corrected chi connectivity index (χ3v) is 10.8. The molecule has 3 heteroatoms. The van der Waals surface area contributed by atoms with Gasteiger partial charge < -0.3 is 0 Å². The SMILES string of the molecule is c1ccc(-c2ccc(-c3cc(-c4ccc(-c5ccccc5)cc4)nc(-n4c5ccccc5c5ccc6c(c54)-c4cccc5cccc-6c45)n3)cc2)cc1. The normalized spacial score (nSPS) is 11.8. The zero-order chi connectivity index (χ0) is 34.9. The minimum Gasteiger partial charge on any atom is -0.277 e. The van der Waals surface area contributed by atoms with Crippen LogP contribution in [-0.2, 0) is 0 Å². The number of hydrogen-bond donors (Lipinski definition) is 0. The minimum atomic E-state index is 0.652. The van der Waals surface area contributed by atoms with Gasteiger partial charge in [-0.3, -0.25) is 4.57 Å². The number of benzene rings is 8. The van der Waals surface area contributed by atoms with Crippen LogP contribution in [0.3, 0.4) is 0 Å². The maximum atomic E-state index is 5.41. The molecular formula is C50H31N3. The lowest BCUT2D eigenvalue weighted by Gasteiger charge is -2.14. The van der Waals surface area contributed by atoms with Crippen LogP contribution in [0.5, 0.6) is 0 Å². The van der Waals surface area contributed by atoms with E-state index in [9.17, 15) is 0 Å². The van der Waals surface area contributed by atoms with Gasteiger partial charge in [-0.15, -0.1) is 0 Å². The van der Waals surface area contributed by atoms with Crippen molar-refractivity contribution in [3.05, 3.63) is 188 Å². The molecule has 2 heterocycles. The van der Waals surface area contributed by atoms with Crippen LogP contribution in [0.25, 0.3) is 106 Å². The molecule has 1 aliphatic rings. The Bertz CT molecular complexity index is 2910. The van der Waals surface area contributed by atoms with E-state index in [0.717, 1.165) is 33.5 Å². The summed E-state index contributed by atoms with van der Waals surface area (Å²) in [6, 6.07) is 67.1. The van der Waals surface area contributed by atoms with Crippen LogP contribution >= 0.6 is 0 Å². The highest BCUT2D eigenvalue weighted by Crippen LogP contribution is 2.51. The van der Waals surface area contributed by atoms with Gasteiger partial charge >= 0.3 is 0 Å². The number of hydrogen-bond acceptors (Lipinski definition) is 2. The second-order valence-electron chi connectivity index (χ2n) is 13.8. The van der Waals surface area contributed by atoms with Crippen LogP contribution < -0.4 is 0 Å². The summed E-state index contributed by atoms with van der Waals surface area (Å²) in [5, 5.41) is 4.94. The van der Waals surface area contributed by atoms with E-state index < -0.39 is 0 Å². The summed E-state index contributed by atoms with van der Waals surface area (Å²) in [4.78, 5) is 10.8. The third-order valence-electron chi connectivity index (χ3n) is 10.8. The lowest BCUT2D eigenvalue weighted by Crippen LogP contribution is -2.04. The van der Waals surface area contributed by atoms with E-state index in [-0.39, 0.29) is 0 Å². The van der Waals surface area contributed by atoms with Gasteiger partial charge in [0.2, 0.25) is 5.95 Å². The molecule has 0 aliphatic heterocycles. The molecule has 0 radical (unpaired) electrons. The zero-order valence-electron chi connectivity index (χ0n) is 28.7. The zero-order valence-corrected chi connectivity index (χ0v) is 28.7. The monoisotopic (exact) mass is 673 g/mol. The highest BCUT2D eigenvalue weighted by Gasteiger charge is 2.27. The topological polar surface area (TPSA) is 30.7 Å². The second-order valence-corrected chi connectivity index (χ2v) is 13.8. The van der Waals surface area contributed by atoms with Gasteiger partial charge in [0.15, 0.2) is 0 Å². The number of rotatable bonds is 5. The molecule has 1 aliphatic carbocycles. The Kier molecular flexibility index (Phi) is 6.55. The summed E-state index contributed by atoms with van der Waals surface area (Å²) >= 11 is 0. The molecule has 0 amide bonds. The Morgan fingerprint density at radius 3 is 1.51 bits per heavy atom. The van der Waals surface area contributed by atoms with Crippen molar-refractivity contribution in [2.45, 2.75) is 0 Å². The maximum absolute atomic E-state index is 5.41. The summed E-state index contributed by atoms with van der Waals surface area (Å²) in [6.45, 7) is 0. The molecule has 10 aromatic rings. The van der Waals surface area contributed by atoms with Gasteiger partial charge in [-0.1, -0.05) is 176 Å². The van der Waals surface area contributed by atoms with E-state index in [1.54, 1.807) is 0 Å². The molecule has 8 aromatic carbocycles. The Morgan fingerprint density at radius 2 is 0.887 bits per heavy atom. The highest BCUT2D eigenvalue weighted by molar-refractivity contribution is 6.24. The van der Waals surface area contributed by atoms with Crippen molar-refractivity contribution in [1.29, 1.82) is 0 Å². The van der Waals surface area contributed by atoms with Crippen LogP contribution in [-0.4, -0.2) is 14.5 Å². The molecule has 0 saturated heterocycles. The van der Waals surface area contributed by atoms with Crippen LogP contribution in [0.2, 0.25) is 0 Å². The summed E-state index contributed by atoms with van der Waals surface area (Å²) in [5.74, 6) is 0.652. The van der Waals surface area contributed by atoms with Crippen molar-refractivity contribution in [3.8, 4) is 73.0 Å². The first-order valence-corrected chi connectivity index (χ1v) is 18.1. The molecule has 0 unspecified atom stereocenters. The van der Waals surface area contributed by atoms with Crippen LogP contribution in [0, 0.1) is 0 Å². The van der Waals surface area contributed by atoms with Crippen molar-refractivity contribution in [1.82, 2.24) is 14.5 Å². The van der Waals surface area contributed by atoms with Crippen LogP contribution in [0.1, 0.15) is 0 Å². The smallest absolute Gasteiger partial charge is 0.235 e. The summed E-state index contributed by atoms with van der Waals surface area (Å²) < 4.78 is 2.30. The van der Waals surface area contributed by atoms with E-state index in [1.807, 2.05) is 0 Å². The summed E-state index contributed by atoms with van der Waals surface area (Å²) in [5.41, 5.74) is 15.8. The molecule has 11 rings (SSSR count). The van der Waals surface area contributed by atoms with Crippen LogP contribution in [0.4, 0.5) is 0 Å². The molecule has 0 bridgehead atoms. The molecule has 0 saturated carbocycles. The van der Waals surface area contributed by atoms with Gasteiger partial charge in [0.25, 0.3) is 0 Å². The van der Waals surface area contributed by atoms with Crippen molar-refractivity contribution in [3.63, 3.8) is 0 Å². The van der Waals surface area contributed by atoms with Gasteiger partial charge in [-0.05, 0) is 61.8 Å². The minimum absolute atomic E-state index is 0.652.